The fraction of sp³-hybridized carbons (Fsp3) is 0.579. The van der Waals surface area contributed by atoms with E-state index in [1.165, 1.54) is 0 Å². The lowest BCUT2D eigenvalue weighted by Crippen LogP contribution is -2.43. The number of hydrogen-bond acceptors (Lipinski definition) is 4. The topological polar surface area (TPSA) is 76.7 Å². The third kappa shape index (κ3) is 5.11. The van der Waals surface area contributed by atoms with Gasteiger partial charge in [0.1, 0.15) is 13.2 Å². The quantitative estimate of drug-likeness (QED) is 0.790. The van der Waals surface area contributed by atoms with E-state index in [2.05, 4.69) is 24.5 Å². The van der Waals surface area contributed by atoms with Crippen LogP contribution >= 0.6 is 0 Å². The summed E-state index contributed by atoms with van der Waals surface area (Å²) in [7, 11) is 0. The second kappa shape index (κ2) is 8.23. The van der Waals surface area contributed by atoms with Crippen LogP contribution in [0.5, 0.6) is 11.5 Å². The second-order valence-corrected chi connectivity index (χ2v) is 7.05. The van der Waals surface area contributed by atoms with Crippen molar-refractivity contribution in [2.24, 2.45) is 5.92 Å². The molecule has 6 nitrogen and oxygen atoms in total. The third-order valence-electron chi connectivity index (χ3n) is 4.53. The van der Waals surface area contributed by atoms with Gasteiger partial charge in [0, 0.05) is 17.9 Å². The van der Waals surface area contributed by atoms with Crippen LogP contribution in [-0.4, -0.2) is 38.1 Å². The number of ether oxygens (including phenoxy) is 2. The predicted octanol–water partition coefficient (Wildman–Crippen LogP) is 2.01. The number of rotatable bonds is 7. The number of carbonyl (C=O) groups is 2. The Morgan fingerprint density at radius 2 is 1.84 bits per heavy atom. The number of fused-ring (bicyclic) bond motifs is 1. The highest BCUT2D eigenvalue weighted by Crippen LogP contribution is 2.34. The third-order valence-corrected chi connectivity index (χ3v) is 4.53. The highest BCUT2D eigenvalue weighted by molar-refractivity contribution is 5.85. The molecular formula is C19H28N2O4. The lowest BCUT2D eigenvalue weighted by Gasteiger charge is -2.28. The summed E-state index contributed by atoms with van der Waals surface area (Å²) in [6, 6.07) is 5.86. The molecule has 2 amide bonds. The van der Waals surface area contributed by atoms with E-state index in [1.807, 2.05) is 32.0 Å². The molecular weight excluding hydrogens is 320 g/mol. The second-order valence-electron chi connectivity index (χ2n) is 7.05. The van der Waals surface area contributed by atoms with Gasteiger partial charge in [0.2, 0.25) is 11.8 Å². The monoisotopic (exact) mass is 348 g/mol. The normalized spacial score (nSPS) is 14.6. The minimum atomic E-state index is -0.272. The van der Waals surface area contributed by atoms with Gasteiger partial charge in [-0.2, -0.15) is 0 Å². The summed E-state index contributed by atoms with van der Waals surface area (Å²) in [5.74, 6) is 1.12. The molecule has 0 aromatic heterocycles. The molecule has 138 valence electrons. The van der Waals surface area contributed by atoms with Gasteiger partial charge >= 0.3 is 0 Å². The fourth-order valence-electron chi connectivity index (χ4n) is 2.48. The van der Waals surface area contributed by atoms with Gasteiger partial charge in [0.15, 0.2) is 11.5 Å². The van der Waals surface area contributed by atoms with Crippen LogP contribution in [0.25, 0.3) is 0 Å². The van der Waals surface area contributed by atoms with Crippen molar-refractivity contribution in [3.05, 3.63) is 23.8 Å². The zero-order valence-corrected chi connectivity index (χ0v) is 15.5. The summed E-state index contributed by atoms with van der Waals surface area (Å²) >= 11 is 0. The molecule has 1 atom stereocenters. The molecule has 25 heavy (non-hydrogen) atoms. The number of amides is 2. The standard InChI is InChI=1S/C19H28N2O4/c1-5-13(2)18(23)20-11-17(22)21-12-19(3,4)14-6-7-15-16(10-14)25-9-8-24-15/h6-7,10,13H,5,8-9,11-12H2,1-4H3,(H,20,23)(H,21,22)/t13-/m0/s1. The van der Waals surface area contributed by atoms with E-state index >= 15 is 0 Å². The number of hydrogen-bond donors (Lipinski definition) is 2. The van der Waals surface area contributed by atoms with Crippen molar-refractivity contribution in [3.63, 3.8) is 0 Å². The van der Waals surface area contributed by atoms with Crippen LogP contribution in [0.3, 0.4) is 0 Å². The van der Waals surface area contributed by atoms with E-state index in [4.69, 9.17) is 9.47 Å². The minimum Gasteiger partial charge on any atom is -0.486 e. The van der Waals surface area contributed by atoms with Crippen molar-refractivity contribution in [2.75, 3.05) is 26.3 Å². The summed E-state index contributed by atoms with van der Waals surface area (Å²) < 4.78 is 11.2. The van der Waals surface area contributed by atoms with E-state index in [0.29, 0.717) is 19.8 Å². The largest absolute Gasteiger partial charge is 0.486 e. The zero-order chi connectivity index (χ0) is 18.4. The molecule has 0 unspecified atom stereocenters. The Morgan fingerprint density at radius 3 is 2.52 bits per heavy atom. The fourth-order valence-corrected chi connectivity index (χ4v) is 2.48. The van der Waals surface area contributed by atoms with Crippen LogP contribution in [-0.2, 0) is 15.0 Å². The molecule has 0 bridgehead atoms. The molecule has 2 N–H and O–H groups in total. The highest BCUT2D eigenvalue weighted by atomic mass is 16.6. The average Bonchev–Trinajstić information content (AvgIpc) is 2.63. The molecule has 1 aliphatic heterocycles. The van der Waals surface area contributed by atoms with Gasteiger partial charge in [0.05, 0.1) is 6.54 Å². The molecule has 0 spiro atoms. The number of carbonyl (C=O) groups excluding carboxylic acids is 2. The van der Waals surface area contributed by atoms with Gasteiger partial charge in [-0.25, -0.2) is 0 Å². The summed E-state index contributed by atoms with van der Waals surface area (Å²) in [5, 5.41) is 5.55. The van der Waals surface area contributed by atoms with Gasteiger partial charge in [-0.05, 0) is 24.1 Å². The average molecular weight is 348 g/mol. The summed E-state index contributed by atoms with van der Waals surface area (Å²) in [6.07, 6.45) is 0.755. The Morgan fingerprint density at radius 1 is 1.16 bits per heavy atom. The SMILES string of the molecule is CC[C@H](C)C(=O)NCC(=O)NCC(C)(C)c1ccc2c(c1)OCCO2. The first kappa shape index (κ1) is 19.1. The molecule has 2 rings (SSSR count). The van der Waals surface area contributed by atoms with E-state index in [0.717, 1.165) is 23.5 Å². The van der Waals surface area contributed by atoms with Crippen molar-refractivity contribution in [1.82, 2.24) is 10.6 Å². The van der Waals surface area contributed by atoms with Crippen LogP contribution in [0.15, 0.2) is 18.2 Å². The zero-order valence-electron chi connectivity index (χ0n) is 15.5. The Balaban J connectivity index is 1.88. The first-order chi connectivity index (χ1) is 11.8. The predicted molar refractivity (Wildman–Crippen MR) is 95.9 cm³/mol. The maximum atomic E-state index is 12.0. The highest BCUT2D eigenvalue weighted by Gasteiger charge is 2.24. The molecule has 0 aliphatic carbocycles. The molecule has 1 aromatic carbocycles. The molecule has 6 heteroatoms. The lowest BCUT2D eigenvalue weighted by atomic mass is 9.84. The van der Waals surface area contributed by atoms with E-state index < -0.39 is 0 Å². The maximum Gasteiger partial charge on any atom is 0.239 e. The summed E-state index contributed by atoms with van der Waals surface area (Å²) in [4.78, 5) is 23.7. The molecule has 1 aliphatic rings. The molecule has 0 fully saturated rings. The van der Waals surface area contributed by atoms with Crippen LogP contribution in [0.4, 0.5) is 0 Å². The Kier molecular flexibility index (Phi) is 6.28. The first-order valence-electron chi connectivity index (χ1n) is 8.78. The van der Waals surface area contributed by atoms with Crippen LogP contribution in [0.2, 0.25) is 0 Å². The first-order valence-corrected chi connectivity index (χ1v) is 8.78. The van der Waals surface area contributed by atoms with Crippen LogP contribution in [0.1, 0.15) is 39.7 Å². The van der Waals surface area contributed by atoms with E-state index in [1.54, 1.807) is 0 Å². The Bertz CT molecular complexity index is 628. The van der Waals surface area contributed by atoms with Gasteiger partial charge in [-0.15, -0.1) is 0 Å². The molecule has 0 radical (unpaired) electrons. The summed E-state index contributed by atoms with van der Waals surface area (Å²) in [6.45, 7) is 9.47. The Hall–Kier alpha value is -2.24. The van der Waals surface area contributed by atoms with Gasteiger partial charge in [-0.1, -0.05) is 33.8 Å². The van der Waals surface area contributed by atoms with Crippen LogP contribution < -0.4 is 20.1 Å². The van der Waals surface area contributed by atoms with Gasteiger partial charge in [-0.3, -0.25) is 9.59 Å². The van der Waals surface area contributed by atoms with Crippen molar-refractivity contribution in [3.8, 4) is 11.5 Å². The molecule has 1 heterocycles. The lowest BCUT2D eigenvalue weighted by molar-refractivity contribution is -0.128. The van der Waals surface area contributed by atoms with Crippen molar-refractivity contribution in [1.29, 1.82) is 0 Å². The van der Waals surface area contributed by atoms with E-state index in [-0.39, 0.29) is 29.7 Å². The van der Waals surface area contributed by atoms with Crippen molar-refractivity contribution in [2.45, 2.75) is 39.5 Å². The van der Waals surface area contributed by atoms with E-state index in [9.17, 15) is 9.59 Å². The van der Waals surface area contributed by atoms with Gasteiger partial charge < -0.3 is 20.1 Å². The number of benzene rings is 1. The Labute approximate surface area is 149 Å². The maximum absolute atomic E-state index is 12.0. The van der Waals surface area contributed by atoms with Crippen LogP contribution in [0, 0.1) is 5.92 Å². The number of nitrogens with one attached hydrogen (secondary N) is 2. The molecule has 0 saturated carbocycles. The minimum absolute atomic E-state index is 0.000389. The molecule has 0 saturated heterocycles. The summed E-state index contributed by atoms with van der Waals surface area (Å²) in [5.41, 5.74) is 0.785. The smallest absolute Gasteiger partial charge is 0.239 e. The van der Waals surface area contributed by atoms with Crippen molar-refractivity contribution >= 4 is 11.8 Å². The van der Waals surface area contributed by atoms with Gasteiger partial charge in [0.25, 0.3) is 0 Å². The molecule has 1 aromatic rings. The van der Waals surface area contributed by atoms with Crippen molar-refractivity contribution < 1.29 is 19.1 Å².